The summed E-state index contributed by atoms with van der Waals surface area (Å²) in [6, 6.07) is 28.5. The van der Waals surface area contributed by atoms with E-state index in [0.717, 1.165) is 22.5 Å². The molecular formula is C28H17N2O3P. The third kappa shape index (κ3) is 2.59. The maximum Gasteiger partial charge on any atom is 0.185 e. The van der Waals surface area contributed by atoms with Crippen molar-refractivity contribution in [2.75, 3.05) is 0 Å². The van der Waals surface area contributed by atoms with Crippen LogP contribution in [0.2, 0.25) is 0 Å². The molecule has 0 unspecified atom stereocenters. The van der Waals surface area contributed by atoms with E-state index in [1.807, 2.05) is 91.0 Å². The summed E-state index contributed by atoms with van der Waals surface area (Å²) >= 11 is 0. The van der Waals surface area contributed by atoms with Gasteiger partial charge in [-0.3, -0.25) is 9.97 Å². The molecule has 0 radical (unpaired) electrons. The van der Waals surface area contributed by atoms with Gasteiger partial charge in [-0.1, -0.05) is 36.4 Å². The zero-order valence-corrected chi connectivity index (χ0v) is 18.8. The van der Waals surface area contributed by atoms with Gasteiger partial charge in [-0.05, 0) is 54.6 Å². The van der Waals surface area contributed by atoms with E-state index in [-0.39, 0.29) is 0 Å². The summed E-state index contributed by atoms with van der Waals surface area (Å²) in [5, 5.41) is 1.91. The van der Waals surface area contributed by atoms with Crippen molar-refractivity contribution in [1.82, 2.24) is 9.97 Å². The third-order valence-electron chi connectivity index (χ3n) is 6.24. The molecule has 0 bridgehead atoms. The Hall–Kier alpha value is -4.21. The van der Waals surface area contributed by atoms with Crippen LogP contribution >= 0.6 is 7.14 Å². The highest BCUT2D eigenvalue weighted by Gasteiger charge is 2.48. The first-order chi connectivity index (χ1) is 16.7. The second-order valence-electron chi connectivity index (χ2n) is 8.16. The van der Waals surface area contributed by atoms with Crippen molar-refractivity contribution in [1.29, 1.82) is 0 Å². The van der Waals surface area contributed by atoms with Gasteiger partial charge in [0.25, 0.3) is 0 Å². The smallest absolute Gasteiger partial charge is 0.185 e. The molecule has 0 amide bonds. The van der Waals surface area contributed by atoms with Gasteiger partial charge in [-0.25, -0.2) is 0 Å². The minimum atomic E-state index is -3.32. The number of nitrogens with zero attached hydrogens (tertiary/aromatic N) is 2. The SMILES string of the molecule is O=P12c3ccccc3Oc3c(-c4ccccn4)cc(-c4ccccn4)c(c31)Oc1ccccc12. The second kappa shape index (κ2) is 7.14. The molecule has 5 aromatic rings. The van der Waals surface area contributed by atoms with E-state index in [2.05, 4.69) is 9.97 Å². The molecule has 34 heavy (non-hydrogen) atoms. The van der Waals surface area contributed by atoms with E-state index < -0.39 is 7.14 Å². The average Bonchev–Trinajstić information content (AvgIpc) is 2.90. The van der Waals surface area contributed by atoms with Crippen molar-refractivity contribution in [3.8, 4) is 45.5 Å². The van der Waals surface area contributed by atoms with Gasteiger partial charge in [0.2, 0.25) is 0 Å². The molecule has 0 saturated carbocycles. The van der Waals surface area contributed by atoms with E-state index >= 15 is 4.57 Å². The van der Waals surface area contributed by atoms with Crippen LogP contribution in [-0.4, -0.2) is 9.97 Å². The summed E-state index contributed by atoms with van der Waals surface area (Å²) in [4.78, 5) is 9.17. The van der Waals surface area contributed by atoms with Gasteiger partial charge >= 0.3 is 0 Å². The molecule has 0 atom stereocenters. The van der Waals surface area contributed by atoms with Crippen LogP contribution in [0.5, 0.6) is 23.0 Å². The van der Waals surface area contributed by atoms with Crippen LogP contribution in [-0.2, 0) is 4.57 Å². The topological polar surface area (TPSA) is 61.3 Å². The molecule has 2 aliphatic rings. The van der Waals surface area contributed by atoms with E-state index in [4.69, 9.17) is 9.47 Å². The second-order valence-corrected chi connectivity index (χ2v) is 10.8. The molecule has 4 heterocycles. The molecule has 2 aromatic heterocycles. The number of ether oxygens (including phenoxy) is 2. The van der Waals surface area contributed by atoms with Crippen LogP contribution in [0.3, 0.4) is 0 Å². The van der Waals surface area contributed by atoms with Crippen LogP contribution in [0.25, 0.3) is 22.5 Å². The quantitative estimate of drug-likeness (QED) is 0.312. The van der Waals surface area contributed by atoms with Gasteiger partial charge in [0.1, 0.15) is 16.8 Å². The molecule has 5 nitrogen and oxygen atoms in total. The largest absolute Gasteiger partial charge is 0.455 e. The molecule has 0 spiro atoms. The average molecular weight is 460 g/mol. The molecular weight excluding hydrogens is 443 g/mol. The molecule has 0 fully saturated rings. The fourth-order valence-electron chi connectivity index (χ4n) is 4.75. The van der Waals surface area contributed by atoms with Crippen molar-refractivity contribution in [2.24, 2.45) is 0 Å². The molecule has 0 saturated heterocycles. The highest BCUT2D eigenvalue weighted by atomic mass is 31.2. The Morgan fingerprint density at radius 1 is 0.588 bits per heavy atom. The molecule has 0 N–H and O–H groups in total. The minimum absolute atomic E-state index is 0.518. The molecule has 0 aliphatic carbocycles. The lowest BCUT2D eigenvalue weighted by Gasteiger charge is -2.36. The Morgan fingerprint density at radius 3 is 1.53 bits per heavy atom. The van der Waals surface area contributed by atoms with E-state index in [0.29, 0.717) is 38.9 Å². The summed E-state index contributed by atoms with van der Waals surface area (Å²) in [5.41, 5.74) is 2.94. The van der Waals surface area contributed by atoms with E-state index in [1.54, 1.807) is 12.4 Å². The number of rotatable bonds is 2. The molecule has 7 rings (SSSR count). The van der Waals surface area contributed by atoms with Crippen LogP contribution in [0.4, 0.5) is 0 Å². The van der Waals surface area contributed by atoms with Gasteiger partial charge in [0.05, 0.1) is 22.0 Å². The predicted octanol–water partition coefficient (Wildman–Crippen LogP) is 5.66. The highest BCUT2D eigenvalue weighted by molar-refractivity contribution is 7.86. The first-order valence-corrected chi connectivity index (χ1v) is 12.6. The number of hydrogen-bond acceptors (Lipinski definition) is 5. The summed E-state index contributed by atoms with van der Waals surface area (Å²) in [6.07, 6.45) is 3.48. The molecule has 6 heteroatoms. The highest BCUT2D eigenvalue weighted by Crippen LogP contribution is 2.61. The minimum Gasteiger partial charge on any atom is -0.455 e. The lowest BCUT2D eigenvalue weighted by molar-refractivity contribution is 0.463. The van der Waals surface area contributed by atoms with Crippen molar-refractivity contribution in [3.63, 3.8) is 0 Å². The van der Waals surface area contributed by atoms with Gasteiger partial charge in [-0.2, -0.15) is 0 Å². The van der Waals surface area contributed by atoms with Crippen molar-refractivity contribution >= 4 is 23.1 Å². The van der Waals surface area contributed by atoms with Gasteiger partial charge in [0.15, 0.2) is 18.6 Å². The fraction of sp³-hybridized carbons (Fsp3) is 0. The maximum absolute atomic E-state index is 15.3. The standard InChI is InChI=1S/C28H17N2O3P/c31-34-24-13-3-1-11-22(24)32-26-18(20-9-5-7-15-29-20)17-19(21-10-6-8-16-30-21)27(28(26)34)33-23-12-2-4-14-25(23)34/h1-17H. The van der Waals surface area contributed by atoms with E-state index in [1.165, 1.54) is 0 Å². The summed E-state index contributed by atoms with van der Waals surface area (Å²) in [7, 11) is -3.32. The first-order valence-electron chi connectivity index (χ1n) is 10.9. The Bertz CT molecular complexity index is 1520. The normalized spacial score (nSPS) is 14.1. The van der Waals surface area contributed by atoms with Gasteiger partial charge in [-0.15, -0.1) is 0 Å². The predicted molar refractivity (Wildman–Crippen MR) is 132 cm³/mol. The lowest BCUT2D eigenvalue weighted by Crippen LogP contribution is -2.35. The van der Waals surface area contributed by atoms with Crippen LogP contribution in [0, 0.1) is 0 Å². The first kappa shape index (κ1) is 19.3. The number of benzene rings is 3. The Morgan fingerprint density at radius 2 is 1.06 bits per heavy atom. The summed E-state index contributed by atoms with van der Waals surface area (Å²) in [6.45, 7) is 0. The molecule has 3 aromatic carbocycles. The maximum atomic E-state index is 15.3. The van der Waals surface area contributed by atoms with Crippen LogP contribution in [0.1, 0.15) is 0 Å². The monoisotopic (exact) mass is 460 g/mol. The van der Waals surface area contributed by atoms with Gasteiger partial charge in [0, 0.05) is 23.5 Å². The van der Waals surface area contributed by atoms with E-state index in [9.17, 15) is 0 Å². The Labute approximate surface area is 196 Å². The molecule has 162 valence electrons. The van der Waals surface area contributed by atoms with Crippen molar-refractivity contribution in [3.05, 3.63) is 103 Å². The zero-order valence-electron chi connectivity index (χ0n) is 17.9. The van der Waals surface area contributed by atoms with Crippen molar-refractivity contribution in [2.45, 2.75) is 0 Å². The van der Waals surface area contributed by atoms with Crippen LogP contribution in [0.15, 0.2) is 103 Å². The summed E-state index contributed by atoms with van der Waals surface area (Å²) in [5.74, 6) is 2.21. The summed E-state index contributed by atoms with van der Waals surface area (Å²) < 4.78 is 28.2. The van der Waals surface area contributed by atoms with Gasteiger partial charge < -0.3 is 14.0 Å². The number of pyridine rings is 2. The third-order valence-corrected chi connectivity index (χ3v) is 9.37. The zero-order chi connectivity index (χ0) is 22.7. The molecule has 2 aliphatic heterocycles. The number of aromatic nitrogens is 2. The number of para-hydroxylation sites is 2. The number of fused-ring (bicyclic) bond motifs is 4. The lowest BCUT2D eigenvalue weighted by atomic mass is 10.0. The van der Waals surface area contributed by atoms with Crippen molar-refractivity contribution < 1.29 is 14.0 Å². The Balaban J connectivity index is 1.66. The Kier molecular flexibility index (Phi) is 4.05. The van der Waals surface area contributed by atoms with Crippen LogP contribution < -0.4 is 25.4 Å². The number of hydrogen-bond donors (Lipinski definition) is 0. The fourth-order valence-corrected chi connectivity index (χ4v) is 7.85.